The molecule has 0 atom stereocenters. The monoisotopic (exact) mass is 264 g/mol. The van der Waals surface area contributed by atoms with E-state index in [1.54, 1.807) is 24.3 Å². The van der Waals surface area contributed by atoms with Gasteiger partial charge in [0.05, 0.1) is 4.90 Å². The molecule has 0 fully saturated rings. The highest BCUT2D eigenvalue weighted by molar-refractivity contribution is 7.89. The summed E-state index contributed by atoms with van der Waals surface area (Å²) in [6, 6.07) is 8.75. The second kappa shape index (κ2) is 5.37. The summed E-state index contributed by atoms with van der Waals surface area (Å²) in [4.78, 5) is 3.25. The average Bonchev–Trinajstić information content (AvgIpc) is 2.82. The standard InChI is InChI=1S/C13H16N2O2S/c1-11-2-4-13(5-3-11)18(16,17)15-9-7-12-6-8-14-10-12/h2-6,8,10,14-15H,7,9H2,1H3. The summed E-state index contributed by atoms with van der Waals surface area (Å²) in [5.41, 5.74) is 2.13. The molecule has 5 heteroatoms. The van der Waals surface area contributed by atoms with Crippen molar-refractivity contribution in [3.8, 4) is 0 Å². The molecule has 18 heavy (non-hydrogen) atoms. The van der Waals surface area contributed by atoms with Gasteiger partial charge in [0, 0.05) is 18.9 Å². The Morgan fingerprint density at radius 1 is 1.17 bits per heavy atom. The first-order chi connectivity index (χ1) is 8.58. The molecular formula is C13H16N2O2S. The first-order valence-corrected chi connectivity index (χ1v) is 7.24. The van der Waals surface area contributed by atoms with Crippen LogP contribution in [0.15, 0.2) is 47.6 Å². The third-order valence-corrected chi connectivity index (χ3v) is 4.18. The molecule has 1 aromatic carbocycles. The highest BCUT2D eigenvalue weighted by Crippen LogP contribution is 2.09. The second-order valence-electron chi connectivity index (χ2n) is 4.18. The number of aromatic nitrogens is 1. The summed E-state index contributed by atoms with van der Waals surface area (Å²) in [6.45, 7) is 2.32. The number of aryl methyl sites for hydroxylation is 1. The van der Waals surface area contributed by atoms with Crippen molar-refractivity contribution < 1.29 is 8.42 Å². The van der Waals surface area contributed by atoms with Gasteiger partial charge in [-0.25, -0.2) is 13.1 Å². The molecule has 0 aliphatic rings. The van der Waals surface area contributed by atoms with Crippen LogP contribution in [0.4, 0.5) is 0 Å². The van der Waals surface area contributed by atoms with Gasteiger partial charge in [0.15, 0.2) is 0 Å². The maximum atomic E-state index is 12.0. The van der Waals surface area contributed by atoms with E-state index in [2.05, 4.69) is 9.71 Å². The van der Waals surface area contributed by atoms with Crippen LogP contribution >= 0.6 is 0 Å². The maximum Gasteiger partial charge on any atom is 0.240 e. The van der Waals surface area contributed by atoms with Crippen LogP contribution in [0.1, 0.15) is 11.1 Å². The predicted molar refractivity (Wildman–Crippen MR) is 70.9 cm³/mol. The lowest BCUT2D eigenvalue weighted by molar-refractivity contribution is 0.581. The number of H-pyrrole nitrogens is 1. The molecule has 0 radical (unpaired) electrons. The molecule has 0 unspecified atom stereocenters. The van der Waals surface area contributed by atoms with Gasteiger partial charge in [0.2, 0.25) is 10.0 Å². The Morgan fingerprint density at radius 2 is 1.89 bits per heavy atom. The Balaban J connectivity index is 1.97. The number of sulfonamides is 1. The van der Waals surface area contributed by atoms with Gasteiger partial charge in [-0.3, -0.25) is 0 Å². The molecular weight excluding hydrogens is 248 g/mol. The van der Waals surface area contributed by atoms with E-state index in [1.165, 1.54) is 0 Å². The van der Waals surface area contributed by atoms with Crippen molar-refractivity contribution in [2.75, 3.05) is 6.54 Å². The number of hydrogen-bond acceptors (Lipinski definition) is 2. The van der Waals surface area contributed by atoms with E-state index in [1.807, 2.05) is 25.4 Å². The molecule has 4 nitrogen and oxygen atoms in total. The second-order valence-corrected chi connectivity index (χ2v) is 5.95. The van der Waals surface area contributed by atoms with Crippen LogP contribution in [0, 0.1) is 6.92 Å². The molecule has 1 heterocycles. The summed E-state index contributed by atoms with van der Waals surface area (Å²) in [7, 11) is -3.39. The predicted octanol–water partition coefficient (Wildman–Crippen LogP) is 1.84. The molecule has 0 spiro atoms. The van der Waals surface area contributed by atoms with Crippen molar-refractivity contribution in [2.24, 2.45) is 0 Å². The topological polar surface area (TPSA) is 62.0 Å². The summed E-state index contributed by atoms with van der Waals surface area (Å²) in [5.74, 6) is 0. The zero-order valence-electron chi connectivity index (χ0n) is 10.2. The molecule has 0 bridgehead atoms. The highest BCUT2D eigenvalue weighted by Gasteiger charge is 2.12. The molecule has 0 aliphatic heterocycles. The molecule has 1 aromatic heterocycles. The number of benzene rings is 1. The van der Waals surface area contributed by atoms with Crippen molar-refractivity contribution in [1.82, 2.24) is 9.71 Å². The Kier molecular flexibility index (Phi) is 3.84. The number of nitrogens with one attached hydrogen (secondary N) is 2. The van der Waals surface area contributed by atoms with Crippen molar-refractivity contribution in [3.63, 3.8) is 0 Å². The third-order valence-electron chi connectivity index (χ3n) is 2.70. The van der Waals surface area contributed by atoms with Crippen LogP contribution in [-0.4, -0.2) is 19.9 Å². The molecule has 2 N–H and O–H groups in total. The number of aromatic amines is 1. The van der Waals surface area contributed by atoms with Gasteiger partial charge in [-0.1, -0.05) is 17.7 Å². The largest absolute Gasteiger partial charge is 0.367 e. The molecule has 0 aliphatic carbocycles. The van der Waals surface area contributed by atoms with E-state index < -0.39 is 10.0 Å². The fraction of sp³-hybridized carbons (Fsp3) is 0.231. The van der Waals surface area contributed by atoms with E-state index in [0.29, 0.717) is 17.9 Å². The average molecular weight is 264 g/mol. The van der Waals surface area contributed by atoms with Crippen molar-refractivity contribution >= 4 is 10.0 Å². The molecule has 96 valence electrons. The van der Waals surface area contributed by atoms with E-state index in [0.717, 1.165) is 11.1 Å². The lowest BCUT2D eigenvalue weighted by Crippen LogP contribution is -2.25. The Labute approximate surface area is 107 Å². The third kappa shape index (κ3) is 3.21. The minimum Gasteiger partial charge on any atom is -0.367 e. The van der Waals surface area contributed by atoms with Crippen LogP contribution in [0.5, 0.6) is 0 Å². The van der Waals surface area contributed by atoms with Gasteiger partial charge in [-0.05, 0) is 37.1 Å². The van der Waals surface area contributed by atoms with Gasteiger partial charge >= 0.3 is 0 Å². The Morgan fingerprint density at radius 3 is 2.50 bits per heavy atom. The number of hydrogen-bond donors (Lipinski definition) is 2. The fourth-order valence-corrected chi connectivity index (χ4v) is 2.68. The summed E-state index contributed by atoms with van der Waals surface area (Å²) in [5, 5.41) is 0. The van der Waals surface area contributed by atoms with Crippen LogP contribution in [0.25, 0.3) is 0 Å². The van der Waals surface area contributed by atoms with Crippen LogP contribution < -0.4 is 4.72 Å². The van der Waals surface area contributed by atoms with Crippen molar-refractivity contribution in [3.05, 3.63) is 53.9 Å². The Bertz CT molecular complexity index is 586. The van der Waals surface area contributed by atoms with E-state index >= 15 is 0 Å². The van der Waals surface area contributed by atoms with Gasteiger partial charge in [-0.2, -0.15) is 0 Å². The van der Waals surface area contributed by atoms with Gasteiger partial charge < -0.3 is 4.98 Å². The smallest absolute Gasteiger partial charge is 0.240 e. The summed E-state index contributed by atoms with van der Waals surface area (Å²) < 4.78 is 26.5. The molecule has 0 saturated heterocycles. The van der Waals surface area contributed by atoms with Gasteiger partial charge in [-0.15, -0.1) is 0 Å². The normalized spacial score (nSPS) is 11.6. The molecule has 2 aromatic rings. The first-order valence-electron chi connectivity index (χ1n) is 5.76. The van der Waals surface area contributed by atoms with E-state index in [9.17, 15) is 8.42 Å². The minimum absolute atomic E-state index is 0.308. The maximum absolute atomic E-state index is 12.0. The lowest BCUT2D eigenvalue weighted by Gasteiger charge is -2.06. The van der Waals surface area contributed by atoms with Crippen LogP contribution in [0.3, 0.4) is 0 Å². The Hall–Kier alpha value is -1.59. The SMILES string of the molecule is Cc1ccc(S(=O)(=O)NCCc2cc[nH]c2)cc1. The molecule has 0 amide bonds. The molecule has 0 saturated carbocycles. The van der Waals surface area contributed by atoms with Gasteiger partial charge in [0.25, 0.3) is 0 Å². The van der Waals surface area contributed by atoms with E-state index in [4.69, 9.17) is 0 Å². The fourth-order valence-electron chi connectivity index (χ4n) is 1.64. The number of rotatable bonds is 5. The van der Waals surface area contributed by atoms with Crippen molar-refractivity contribution in [1.29, 1.82) is 0 Å². The van der Waals surface area contributed by atoms with Crippen molar-refractivity contribution in [2.45, 2.75) is 18.2 Å². The van der Waals surface area contributed by atoms with E-state index in [-0.39, 0.29) is 0 Å². The van der Waals surface area contributed by atoms with Crippen LogP contribution in [0.2, 0.25) is 0 Å². The van der Waals surface area contributed by atoms with Crippen LogP contribution in [-0.2, 0) is 16.4 Å². The molecule has 2 rings (SSSR count). The summed E-state index contributed by atoms with van der Waals surface area (Å²) in [6.07, 6.45) is 4.36. The highest BCUT2D eigenvalue weighted by atomic mass is 32.2. The quantitative estimate of drug-likeness (QED) is 0.865. The lowest BCUT2D eigenvalue weighted by atomic mass is 10.2. The van der Waals surface area contributed by atoms with Gasteiger partial charge in [0.1, 0.15) is 0 Å². The zero-order chi connectivity index (χ0) is 13.0. The zero-order valence-corrected chi connectivity index (χ0v) is 11.0. The minimum atomic E-state index is -3.39. The summed E-state index contributed by atoms with van der Waals surface area (Å²) >= 11 is 0. The first kappa shape index (κ1) is 12.9.